The molecular formula is C11H18N2O3S2. The zero-order valence-electron chi connectivity index (χ0n) is 10.1. The standard InChI is InChI=1S/C11H18N2O3S2/c14-9(15)11(2-1-3-11)13-10(16)12-6-8-7-17-4-5-18-8/h8H,1-7H2,(H,14,15)(H2,12,13,16). The number of carbonyl (C=O) groups excluding carboxylic acids is 1. The number of thioether (sulfide) groups is 2. The maximum Gasteiger partial charge on any atom is 0.329 e. The van der Waals surface area contributed by atoms with E-state index in [2.05, 4.69) is 10.6 Å². The lowest BCUT2D eigenvalue weighted by molar-refractivity contribution is -0.148. The smallest absolute Gasteiger partial charge is 0.329 e. The minimum Gasteiger partial charge on any atom is -0.480 e. The summed E-state index contributed by atoms with van der Waals surface area (Å²) in [5.74, 6) is 2.42. The van der Waals surface area contributed by atoms with Crippen LogP contribution >= 0.6 is 23.5 Å². The summed E-state index contributed by atoms with van der Waals surface area (Å²) in [4.78, 5) is 22.8. The predicted octanol–water partition coefficient (Wildman–Crippen LogP) is 1.14. The van der Waals surface area contributed by atoms with E-state index >= 15 is 0 Å². The highest BCUT2D eigenvalue weighted by molar-refractivity contribution is 8.06. The third kappa shape index (κ3) is 3.26. The van der Waals surface area contributed by atoms with Gasteiger partial charge in [-0.1, -0.05) is 0 Å². The third-order valence-corrected chi connectivity index (χ3v) is 6.19. The van der Waals surface area contributed by atoms with E-state index in [-0.39, 0.29) is 6.03 Å². The minimum atomic E-state index is -1.02. The van der Waals surface area contributed by atoms with Gasteiger partial charge in [0.25, 0.3) is 0 Å². The molecule has 1 aliphatic carbocycles. The number of carboxylic acid groups (broad SMARTS) is 1. The molecule has 2 rings (SSSR count). The Bertz CT molecular complexity index is 328. The van der Waals surface area contributed by atoms with E-state index in [9.17, 15) is 9.59 Å². The van der Waals surface area contributed by atoms with Crippen LogP contribution in [-0.2, 0) is 4.79 Å². The van der Waals surface area contributed by atoms with Gasteiger partial charge in [-0.2, -0.15) is 23.5 Å². The number of urea groups is 1. The number of rotatable bonds is 4. The molecule has 5 nitrogen and oxygen atoms in total. The van der Waals surface area contributed by atoms with Crippen LogP contribution in [0.25, 0.3) is 0 Å². The summed E-state index contributed by atoms with van der Waals surface area (Å²) in [5, 5.41) is 14.9. The zero-order chi connectivity index (χ0) is 13.0. The number of aliphatic carboxylic acids is 1. The summed E-state index contributed by atoms with van der Waals surface area (Å²) in [6.07, 6.45) is 1.93. The molecule has 1 heterocycles. The molecule has 1 saturated heterocycles. The monoisotopic (exact) mass is 290 g/mol. The van der Waals surface area contributed by atoms with Crippen LogP contribution in [0, 0.1) is 0 Å². The first-order valence-electron chi connectivity index (χ1n) is 6.11. The Hall–Kier alpha value is -0.560. The second-order valence-electron chi connectivity index (χ2n) is 4.64. The van der Waals surface area contributed by atoms with Gasteiger partial charge >= 0.3 is 12.0 Å². The Balaban J connectivity index is 1.73. The number of carbonyl (C=O) groups is 2. The highest BCUT2D eigenvalue weighted by Crippen LogP contribution is 2.31. The molecule has 1 unspecified atom stereocenters. The lowest BCUT2D eigenvalue weighted by atomic mass is 9.77. The van der Waals surface area contributed by atoms with Crippen LogP contribution in [0.5, 0.6) is 0 Å². The molecular weight excluding hydrogens is 272 g/mol. The SMILES string of the molecule is O=C(NCC1CSCCS1)NC1(C(=O)O)CCC1. The number of hydrogen-bond acceptors (Lipinski definition) is 4. The fourth-order valence-corrected chi connectivity index (χ4v) is 4.66. The van der Waals surface area contributed by atoms with Crippen LogP contribution in [0.1, 0.15) is 19.3 Å². The predicted molar refractivity (Wildman–Crippen MR) is 74.3 cm³/mol. The maximum absolute atomic E-state index is 11.7. The highest BCUT2D eigenvalue weighted by atomic mass is 32.2. The molecule has 2 amide bonds. The molecule has 0 aromatic heterocycles. The normalized spacial score (nSPS) is 25.9. The van der Waals surface area contributed by atoms with Gasteiger partial charge in [0, 0.05) is 29.1 Å². The lowest BCUT2D eigenvalue weighted by Gasteiger charge is -2.38. The average Bonchev–Trinajstić information content (AvgIpc) is 2.32. The van der Waals surface area contributed by atoms with Crippen molar-refractivity contribution in [2.45, 2.75) is 30.1 Å². The molecule has 0 aromatic carbocycles. The molecule has 0 bridgehead atoms. The van der Waals surface area contributed by atoms with Crippen LogP contribution in [0.15, 0.2) is 0 Å². The van der Waals surface area contributed by atoms with Crippen molar-refractivity contribution >= 4 is 35.5 Å². The second-order valence-corrected chi connectivity index (χ2v) is 7.20. The van der Waals surface area contributed by atoms with Crippen molar-refractivity contribution in [3.05, 3.63) is 0 Å². The number of hydrogen-bond donors (Lipinski definition) is 3. The van der Waals surface area contributed by atoms with E-state index in [1.54, 1.807) is 0 Å². The molecule has 3 N–H and O–H groups in total. The molecule has 1 atom stereocenters. The van der Waals surface area contributed by atoms with Crippen LogP contribution in [0.4, 0.5) is 4.79 Å². The maximum atomic E-state index is 11.7. The van der Waals surface area contributed by atoms with Crippen molar-refractivity contribution in [1.29, 1.82) is 0 Å². The Morgan fingerprint density at radius 1 is 1.33 bits per heavy atom. The summed E-state index contributed by atoms with van der Waals surface area (Å²) in [5.41, 5.74) is -1.02. The Kier molecular flexibility index (Phi) is 4.66. The van der Waals surface area contributed by atoms with Gasteiger partial charge in [0.15, 0.2) is 0 Å². The van der Waals surface area contributed by atoms with Gasteiger partial charge in [-0.3, -0.25) is 0 Å². The van der Waals surface area contributed by atoms with Crippen LogP contribution in [0.3, 0.4) is 0 Å². The molecule has 2 aliphatic rings. The summed E-state index contributed by atoms with van der Waals surface area (Å²) in [7, 11) is 0. The van der Waals surface area contributed by atoms with E-state index in [1.165, 1.54) is 5.75 Å². The summed E-state index contributed by atoms with van der Waals surface area (Å²) < 4.78 is 0. The largest absolute Gasteiger partial charge is 0.480 e. The lowest BCUT2D eigenvalue weighted by Crippen LogP contribution is -2.61. The molecule has 18 heavy (non-hydrogen) atoms. The van der Waals surface area contributed by atoms with Crippen LogP contribution in [0.2, 0.25) is 0 Å². The topological polar surface area (TPSA) is 78.4 Å². The fraction of sp³-hybridized carbons (Fsp3) is 0.818. The first-order chi connectivity index (χ1) is 8.62. The van der Waals surface area contributed by atoms with Crippen molar-refractivity contribution < 1.29 is 14.7 Å². The van der Waals surface area contributed by atoms with Crippen molar-refractivity contribution in [1.82, 2.24) is 10.6 Å². The van der Waals surface area contributed by atoms with Gasteiger partial charge in [-0.15, -0.1) is 0 Å². The van der Waals surface area contributed by atoms with Gasteiger partial charge in [0.05, 0.1) is 0 Å². The fourth-order valence-electron chi connectivity index (χ4n) is 2.05. The summed E-state index contributed by atoms with van der Waals surface area (Å²) >= 11 is 3.77. The van der Waals surface area contributed by atoms with Crippen LogP contribution < -0.4 is 10.6 Å². The van der Waals surface area contributed by atoms with Crippen molar-refractivity contribution in [3.63, 3.8) is 0 Å². The quantitative estimate of drug-likeness (QED) is 0.724. The van der Waals surface area contributed by atoms with Gasteiger partial charge in [-0.25, -0.2) is 9.59 Å². The first-order valence-corrected chi connectivity index (χ1v) is 8.31. The molecule has 0 aromatic rings. The number of carboxylic acids is 1. The Morgan fingerprint density at radius 2 is 2.11 bits per heavy atom. The van der Waals surface area contributed by atoms with E-state index in [4.69, 9.17) is 5.11 Å². The summed E-state index contributed by atoms with van der Waals surface area (Å²) in [6, 6.07) is -0.353. The molecule has 7 heteroatoms. The van der Waals surface area contributed by atoms with E-state index < -0.39 is 11.5 Å². The molecule has 1 saturated carbocycles. The van der Waals surface area contributed by atoms with Gasteiger partial charge in [0.1, 0.15) is 5.54 Å². The molecule has 1 aliphatic heterocycles. The van der Waals surface area contributed by atoms with Gasteiger partial charge in [-0.05, 0) is 19.3 Å². The minimum absolute atomic E-state index is 0.353. The van der Waals surface area contributed by atoms with Crippen molar-refractivity contribution in [2.24, 2.45) is 0 Å². The molecule has 0 radical (unpaired) electrons. The van der Waals surface area contributed by atoms with Crippen LogP contribution in [-0.4, -0.2) is 51.7 Å². The zero-order valence-corrected chi connectivity index (χ0v) is 11.7. The molecule has 2 fully saturated rings. The van der Waals surface area contributed by atoms with Crippen molar-refractivity contribution in [2.75, 3.05) is 23.8 Å². The average molecular weight is 290 g/mol. The number of amides is 2. The first kappa shape index (κ1) is 13.9. The third-order valence-electron chi connectivity index (χ3n) is 3.34. The number of nitrogens with one attached hydrogen (secondary N) is 2. The van der Waals surface area contributed by atoms with Gasteiger partial charge in [0.2, 0.25) is 0 Å². The molecule has 102 valence electrons. The summed E-state index contributed by atoms with van der Waals surface area (Å²) in [6.45, 7) is 0.610. The van der Waals surface area contributed by atoms with E-state index in [0.717, 1.165) is 17.9 Å². The van der Waals surface area contributed by atoms with E-state index in [0.29, 0.717) is 24.6 Å². The highest BCUT2D eigenvalue weighted by Gasteiger charge is 2.45. The second kappa shape index (κ2) is 6.06. The van der Waals surface area contributed by atoms with E-state index in [1.807, 2.05) is 23.5 Å². The molecule has 0 spiro atoms. The Labute approximate surface area is 115 Å². The Morgan fingerprint density at radius 3 is 2.61 bits per heavy atom. The van der Waals surface area contributed by atoms with Crippen molar-refractivity contribution in [3.8, 4) is 0 Å². The van der Waals surface area contributed by atoms with Gasteiger partial charge < -0.3 is 15.7 Å².